The summed E-state index contributed by atoms with van der Waals surface area (Å²) in [7, 11) is 0. The van der Waals surface area contributed by atoms with Crippen molar-refractivity contribution in [1.82, 2.24) is 0 Å². The summed E-state index contributed by atoms with van der Waals surface area (Å²) in [6.45, 7) is 0. The van der Waals surface area contributed by atoms with Crippen LogP contribution < -0.4 is 0 Å². The fraction of sp³-hybridized carbons (Fsp3) is 0.0588. The number of hydrogen-bond acceptors (Lipinski definition) is 2. The van der Waals surface area contributed by atoms with Gasteiger partial charge in [0, 0.05) is 11.1 Å². The maximum atomic E-state index is 8.78. The van der Waals surface area contributed by atoms with Crippen LogP contribution in [-0.4, -0.2) is 0 Å². The molecule has 0 atom stereocenters. The number of hydrogen-bond donors (Lipinski definition) is 0. The minimum atomic E-state index is 0. The van der Waals surface area contributed by atoms with Crippen LogP contribution in [0, 0.1) is 34.5 Å². The zero-order valence-corrected chi connectivity index (χ0v) is 9.51. The summed E-state index contributed by atoms with van der Waals surface area (Å²) in [4.78, 5) is 0. The number of nitrogens with zero attached hydrogens (tertiary/aromatic N) is 2. The fourth-order valence-electron chi connectivity index (χ4n) is 1.48. The lowest BCUT2D eigenvalue weighted by atomic mass is 10.1. The van der Waals surface area contributed by atoms with Gasteiger partial charge in [-0.1, -0.05) is 31.4 Å². The zero-order valence-electron chi connectivity index (χ0n) is 9.51. The molecule has 0 saturated heterocycles. The first-order chi connectivity index (χ1) is 8.81. The maximum Gasteiger partial charge on any atom is 0.0992 e. The van der Waals surface area contributed by atoms with E-state index in [-0.39, 0.29) is 7.43 Å². The van der Waals surface area contributed by atoms with E-state index in [1.54, 1.807) is 36.4 Å². The highest BCUT2D eigenvalue weighted by Gasteiger charge is 1.92. The standard InChI is InChI=1S/C16H8N2.CH4/c17-11-15-5-1-3-13(9-15)7-8-14-4-2-6-16(10-14)12-18;/h1-6,9-10H;1H4. The molecule has 90 valence electrons. The molecule has 0 aliphatic rings. The molecule has 0 spiro atoms. The second-order valence-electron chi connectivity index (χ2n) is 3.64. The van der Waals surface area contributed by atoms with Crippen LogP contribution in [-0.2, 0) is 0 Å². The van der Waals surface area contributed by atoms with Crippen molar-refractivity contribution in [3.05, 3.63) is 70.8 Å². The second kappa shape index (κ2) is 6.65. The van der Waals surface area contributed by atoms with E-state index in [0.29, 0.717) is 11.1 Å². The van der Waals surface area contributed by atoms with Crippen LogP contribution in [0.15, 0.2) is 48.5 Å². The summed E-state index contributed by atoms with van der Waals surface area (Å²) >= 11 is 0. The Morgan fingerprint density at radius 3 is 1.37 bits per heavy atom. The predicted octanol–water partition coefficient (Wildman–Crippen LogP) is 3.47. The van der Waals surface area contributed by atoms with E-state index in [2.05, 4.69) is 24.0 Å². The van der Waals surface area contributed by atoms with Crippen LogP contribution in [0.5, 0.6) is 0 Å². The summed E-state index contributed by atoms with van der Waals surface area (Å²) in [6, 6.07) is 18.4. The van der Waals surface area contributed by atoms with Crippen molar-refractivity contribution in [2.75, 3.05) is 0 Å². The van der Waals surface area contributed by atoms with Gasteiger partial charge in [0.1, 0.15) is 0 Å². The van der Waals surface area contributed by atoms with Crippen LogP contribution >= 0.6 is 0 Å². The Labute approximate surface area is 113 Å². The number of nitriles is 2. The first-order valence-electron chi connectivity index (χ1n) is 5.34. The van der Waals surface area contributed by atoms with Crippen LogP contribution in [0.1, 0.15) is 29.7 Å². The predicted molar refractivity (Wildman–Crippen MR) is 75.0 cm³/mol. The molecule has 0 fully saturated rings. The molecule has 2 rings (SSSR count). The van der Waals surface area contributed by atoms with Crippen LogP contribution in [0.4, 0.5) is 0 Å². The van der Waals surface area contributed by atoms with Gasteiger partial charge in [-0.2, -0.15) is 10.5 Å². The van der Waals surface area contributed by atoms with E-state index in [4.69, 9.17) is 10.5 Å². The summed E-state index contributed by atoms with van der Waals surface area (Å²) in [5.74, 6) is 5.95. The molecule has 2 aromatic rings. The minimum absolute atomic E-state index is 0. The third-order valence-electron chi connectivity index (χ3n) is 2.33. The summed E-state index contributed by atoms with van der Waals surface area (Å²) in [5, 5.41) is 17.6. The second-order valence-corrected chi connectivity index (χ2v) is 3.64. The quantitative estimate of drug-likeness (QED) is 0.666. The Bertz CT molecular complexity index is 658. The Hall–Kier alpha value is -3.02. The monoisotopic (exact) mass is 244 g/mol. The topological polar surface area (TPSA) is 47.6 Å². The molecule has 2 heteroatoms. The Balaban J connectivity index is 0.00000180. The molecular weight excluding hydrogens is 232 g/mol. The van der Waals surface area contributed by atoms with Crippen molar-refractivity contribution < 1.29 is 0 Å². The lowest BCUT2D eigenvalue weighted by Gasteiger charge is -1.92. The summed E-state index contributed by atoms with van der Waals surface area (Å²) in [6.07, 6.45) is 0. The van der Waals surface area contributed by atoms with E-state index in [9.17, 15) is 0 Å². The van der Waals surface area contributed by atoms with Gasteiger partial charge in [0.25, 0.3) is 0 Å². The van der Waals surface area contributed by atoms with Crippen LogP contribution in [0.25, 0.3) is 0 Å². The molecule has 2 aromatic carbocycles. The van der Waals surface area contributed by atoms with E-state index < -0.39 is 0 Å². The molecule has 0 aliphatic carbocycles. The lowest BCUT2D eigenvalue weighted by Crippen LogP contribution is -1.80. The smallest absolute Gasteiger partial charge is 0.0992 e. The van der Waals surface area contributed by atoms with E-state index in [0.717, 1.165) is 11.1 Å². The Morgan fingerprint density at radius 1 is 0.632 bits per heavy atom. The molecule has 2 nitrogen and oxygen atoms in total. The molecule has 19 heavy (non-hydrogen) atoms. The number of rotatable bonds is 0. The highest BCUT2D eigenvalue weighted by Crippen LogP contribution is 2.05. The maximum absolute atomic E-state index is 8.78. The zero-order chi connectivity index (χ0) is 12.8. The highest BCUT2D eigenvalue weighted by molar-refractivity contribution is 5.47. The summed E-state index contributed by atoms with van der Waals surface area (Å²) in [5.41, 5.74) is 2.76. The normalized spacial score (nSPS) is 8.11. The van der Waals surface area contributed by atoms with Crippen molar-refractivity contribution in [3.8, 4) is 24.0 Å². The number of benzene rings is 2. The van der Waals surface area contributed by atoms with Gasteiger partial charge in [0.05, 0.1) is 23.3 Å². The van der Waals surface area contributed by atoms with Crippen molar-refractivity contribution in [3.63, 3.8) is 0 Å². The van der Waals surface area contributed by atoms with E-state index in [1.807, 2.05) is 12.1 Å². The lowest BCUT2D eigenvalue weighted by molar-refractivity contribution is 1.47. The van der Waals surface area contributed by atoms with Gasteiger partial charge in [0.2, 0.25) is 0 Å². The van der Waals surface area contributed by atoms with Crippen molar-refractivity contribution in [2.24, 2.45) is 0 Å². The molecular formula is C17H12N2. The average molecular weight is 244 g/mol. The minimum Gasteiger partial charge on any atom is -0.192 e. The van der Waals surface area contributed by atoms with Gasteiger partial charge in [-0.15, -0.1) is 0 Å². The highest BCUT2D eigenvalue weighted by atomic mass is 14.2. The Morgan fingerprint density at radius 2 is 1.00 bits per heavy atom. The molecule has 0 N–H and O–H groups in total. The molecule has 0 heterocycles. The fourth-order valence-corrected chi connectivity index (χ4v) is 1.48. The third kappa shape index (κ3) is 3.74. The third-order valence-corrected chi connectivity index (χ3v) is 2.33. The Kier molecular flexibility index (Phi) is 4.92. The van der Waals surface area contributed by atoms with Crippen molar-refractivity contribution in [1.29, 1.82) is 10.5 Å². The molecule has 0 unspecified atom stereocenters. The molecule has 0 saturated carbocycles. The van der Waals surface area contributed by atoms with Gasteiger partial charge >= 0.3 is 0 Å². The first kappa shape index (κ1) is 14.0. The molecule has 0 aromatic heterocycles. The molecule has 0 amide bonds. The van der Waals surface area contributed by atoms with Crippen LogP contribution in [0.2, 0.25) is 0 Å². The largest absolute Gasteiger partial charge is 0.192 e. The SMILES string of the molecule is C.N#Cc1cccc(C#Cc2cccc(C#N)c2)c1. The summed E-state index contributed by atoms with van der Waals surface area (Å²) < 4.78 is 0. The van der Waals surface area contributed by atoms with Gasteiger partial charge in [-0.25, -0.2) is 0 Å². The average Bonchev–Trinajstić information content (AvgIpc) is 2.45. The first-order valence-corrected chi connectivity index (χ1v) is 5.34. The van der Waals surface area contributed by atoms with Gasteiger partial charge in [0.15, 0.2) is 0 Å². The molecule has 0 bridgehead atoms. The van der Waals surface area contributed by atoms with Crippen LogP contribution in [0.3, 0.4) is 0 Å². The van der Waals surface area contributed by atoms with Crippen molar-refractivity contribution >= 4 is 0 Å². The molecule has 0 radical (unpaired) electrons. The van der Waals surface area contributed by atoms with E-state index in [1.165, 1.54) is 0 Å². The van der Waals surface area contributed by atoms with E-state index >= 15 is 0 Å². The van der Waals surface area contributed by atoms with Crippen molar-refractivity contribution in [2.45, 2.75) is 7.43 Å². The van der Waals surface area contributed by atoms with Gasteiger partial charge < -0.3 is 0 Å². The van der Waals surface area contributed by atoms with Gasteiger partial charge in [-0.3, -0.25) is 0 Å². The van der Waals surface area contributed by atoms with Gasteiger partial charge in [-0.05, 0) is 36.4 Å². The molecule has 0 aliphatic heterocycles.